The average Bonchev–Trinajstić information content (AvgIpc) is 2.59. The first kappa shape index (κ1) is 14.5. The van der Waals surface area contributed by atoms with Gasteiger partial charge in [-0.15, -0.1) is 0 Å². The molecule has 0 saturated heterocycles. The molecule has 0 spiro atoms. The minimum absolute atomic E-state index is 0.0783. The number of nitriles is 1. The molecule has 110 valence electrons. The summed E-state index contributed by atoms with van der Waals surface area (Å²) in [5, 5.41) is 22.5. The van der Waals surface area contributed by atoms with E-state index in [1.807, 2.05) is 54.6 Å². The highest BCUT2D eigenvalue weighted by Gasteiger charge is 2.15. The van der Waals surface area contributed by atoms with Crippen LogP contribution in [0.3, 0.4) is 0 Å². The molecule has 0 heterocycles. The predicted octanol–water partition coefficient (Wildman–Crippen LogP) is 4.79. The van der Waals surface area contributed by atoms with Crippen molar-refractivity contribution in [2.24, 2.45) is 0 Å². The Morgan fingerprint density at radius 3 is 2.48 bits per heavy atom. The monoisotopic (exact) mass is 300 g/mol. The third-order valence-corrected chi connectivity index (χ3v) is 3.61. The number of hydrogen-bond donors (Lipinski definition) is 0. The van der Waals surface area contributed by atoms with E-state index in [4.69, 9.17) is 0 Å². The van der Waals surface area contributed by atoms with Crippen LogP contribution < -0.4 is 0 Å². The highest BCUT2D eigenvalue weighted by molar-refractivity contribution is 5.86. The zero-order chi connectivity index (χ0) is 16.2. The van der Waals surface area contributed by atoms with Gasteiger partial charge in [0.25, 0.3) is 5.69 Å². The highest BCUT2D eigenvalue weighted by Crippen LogP contribution is 2.23. The van der Waals surface area contributed by atoms with Crippen LogP contribution in [0, 0.1) is 21.4 Å². The number of nitrogens with zero attached hydrogens (tertiary/aromatic N) is 2. The lowest BCUT2D eigenvalue weighted by molar-refractivity contribution is -0.385. The minimum Gasteiger partial charge on any atom is -0.258 e. The Hall–Kier alpha value is -3.45. The van der Waals surface area contributed by atoms with Crippen LogP contribution in [-0.2, 0) is 0 Å². The van der Waals surface area contributed by atoms with Crippen LogP contribution in [-0.4, -0.2) is 4.92 Å². The normalized spacial score (nSPS) is 10.7. The molecule has 4 heteroatoms. The number of benzene rings is 3. The fourth-order valence-corrected chi connectivity index (χ4v) is 2.47. The summed E-state index contributed by atoms with van der Waals surface area (Å²) in [7, 11) is 0. The van der Waals surface area contributed by atoms with Crippen LogP contribution in [0.1, 0.15) is 16.7 Å². The van der Waals surface area contributed by atoms with Gasteiger partial charge in [-0.3, -0.25) is 10.1 Å². The lowest BCUT2D eigenvalue weighted by Gasteiger charge is -2.01. The molecule has 0 atom stereocenters. The molecule has 23 heavy (non-hydrogen) atoms. The van der Waals surface area contributed by atoms with Gasteiger partial charge in [-0.05, 0) is 28.0 Å². The molecule has 0 amide bonds. The Morgan fingerprint density at radius 1 is 0.957 bits per heavy atom. The van der Waals surface area contributed by atoms with E-state index in [1.54, 1.807) is 18.2 Å². The van der Waals surface area contributed by atoms with E-state index in [9.17, 15) is 15.4 Å². The maximum atomic E-state index is 11.0. The Labute approximate surface area is 133 Å². The largest absolute Gasteiger partial charge is 0.287 e. The van der Waals surface area contributed by atoms with Crippen LogP contribution in [0.25, 0.3) is 22.9 Å². The topological polar surface area (TPSA) is 66.9 Å². The van der Waals surface area contributed by atoms with Crippen molar-refractivity contribution in [2.75, 3.05) is 0 Å². The van der Waals surface area contributed by atoms with Crippen molar-refractivity contribution in [3.8, 4) is 6.07 Å². The molecule has 0 bridgehead atoms. The first-order chi connectivity index (χ1) is 11.2. The molecule has 0 aliphatic rings. The van der Waals surface area contributed by atoms with E-state index >= 15 is 0 Å². The van der Waals surface area contributed by atoms with Gasteiger partial charge in [0.1, 0.15) is 11.6 Å². The van der Waals surface area contributed by atoms with E-state index in [-0.39, 0.29) is 11.3 Å². The van der Waals surface area contributed by atoms with E-state index in [0.717, 1.165) is 16.3 Å². The van der Waals surface area contributed by atoms with Crippen LogP contribution >= 0.6 is 0 Å². The van der Waals surface area contributed by atoms with Crippen molar-refractivity contribution < 1.29 is 4.92 Å². The predicted molar refractivity (Wildman–Crippen MR) is 90.7 cm³/mol. The molecule has 0 aromatic heterocycles. The molecule has 3 aromatic carbocycles. The number of rotatable bonds is 3. The molecule has 0 unspecified atom stereocenters. The number of nitro benzene ring substituents is 1. The van der Waals surface area contributed by atoms with Crippen molar-refractivity contribution in [2.45, 2.75) is 0 Å². The summed E-state index contributed by atoms with van der Waals surface area (Å²) in [4.78, 5) is 10.4. The molecule has 0 radical (unpaired) electrons. The van der Waals surface area contributed by atoms with Gasteiger partial charge in [0, 0.05) is 6.07 Å². The Kier molecular flexibility index (Phi) is 3.86. The van der Waals surface area contributed by atoms with E-state index < -0.39 is 4.92 Å². The van der Waals surface area contributed by atoms with Crippen molar-refractivity contribution in [1.29, 1.82) is 5.26 Å². The molecule has 3 aromatic rings. The van der Waals surface area contributed by atoms with Crippen LogP contribution in [0.2, 0.25) is 0 Å². The van der Waals surface area contributed by atoms with Gasteiger partial charge in [-0.1, -0.05) is 60.7 Å². The second-order valence-corrected chi connectivity index (χ2v) is 5.05. The third kappa shape index (κ3) is 2.94. The molecule has 0 aliphatic carbocycles. The van der Waals surface area contributed by atoms with Gasteiger partial charge in [-0.2, -0.15) is 5.26 Å². The summed E-state index contributed by atoms with van der Waals surface area (Å²) < 4.78 is 0. The van der Waals surface area contributed by atoms with Gasteiger partial charge in [0.15, 0.2) is 0 Å². The quantitative estimate of drug-likeness (QED) is 0.397. The number of nitro groups is 1. The molecule has 0 N–H and O–H groups in total. The Balaban J connectivity index is 2.00. The summed E-state index contributed by atoms with van der Waals surface area (Å²) >= 11 is 0. The van der Waals surface area contributed by atoms with Gasteiger partial charge in [-0.25, -0.2) is 0 Å². The first-order valence-electron chi connectivity index (χ1n) is 7.03. The third-order valence-electron chi connectivity index (χ3n) is 3.61. The van der Waals surface area contributed by atoms with Crippen molar-refractivity contribution in [3.63, 3.8) is 0 Å². The standard InChI is InChI=1S/C19H12N2O2/c20-13-18-16(6-3-7-19(18)21(22)23)11-9-14-8-10-15-4-1-2-5-17(15)12-14/h1-12H/b11-9+. The summed E-state index contributed by atoms with van der Waals surface area (Å²) in [5.74, 6) is 0. The molecule has 3 rings (SSSR count). The van der Waals surface area contributed by atoms with Crippen LogP contribution in [0.15, 0.2) is 60.7 Å². The fourth-order valence-electron chi connectivity index (χ4n) is 2.47. The van der Waals surface area contributed by atoms with E-state index in [2.05, 4.69) is 0 Å². The van der Waals surface area contributed by atoms with Gasteiger partial charge in [0.2, 0.25) is 0 Å². The summed E-state index contributed by atoms with van der Waals surface area (Å²) in [6, 6.07) is 20.6. The van der Waals surface area contributed by atoms with Crippen molar-refractivity contribution >= 4 is 28.6 Å². The van der Waals surface area contributed by atoms with Crippen molar-refractivity contribution in [1.82, 2.24) is 0 Å². The van der Waals surface area contributed by atoms with Gasteiger partial charge >= 0.3 is 0 Å². The SMILES string of the molecule is N#Cc1c(/C=C/c2ccc3ccccc3c2)cccc1[N+](=O)[O-]. The highest BCUT2D eigenvalue weighted by atomic mass is 16.6. The first-order valence-corrected chi connectivity index (χ1v) is 7.03. The average molecular weight is 300 g/mol. The second-order valence-electron chi connectivity index (χ2n) is 5.05. The van der Waals surface area contributed by atoms with Crippen molar-refractivity contribution in [3.05, 3.63) is 87.5 Å². The molecule has 4 nitrogen and oxygen atoms in total. The zero-order valence-electron chi connectivity index (χ0n) is 12.1. The number of fused-ring (bicyclic) bond motifs is 1. The summed E-state index contributed by atoms with van der Waals surface area (Å²) in [6.07, 6.45) is 3.59. The molecular weight excluding hydrogens is 288 g/mol. The Bertz CT molecular complexity index is 969. The second kappa shape index (κ2) is 6.12. The molecule has 0 fully saturated rings. The maximum Gasteiger partial charge on any atom is 0.287 e. The zero-order valence-corrected chi connectivity index (χ0v) is 12.1. The Morgan fingerprint density at radius 2 is 1.74 bits per heavy atom. The lowest BCUT2D eigenvalue weighted by atomic mass is 10.0. The lowest BCUT2D eigenvalue weighted by Crippen LogP contribution is -1.94. The summed E-state index contributed by atoms with van der Waals surface area (Å²) in [5.41, 5.74) is 1.41. The van der Waals surface area contributed by atoms with E-state index in [1.165, 1.54) is 6.07 Å². The van der Waals surface area contributed by atoms with Gasteiger partial charge < -0.3 is 0 Å². The summed E-state index contributed by atoms with van der Waals surface area (Å²) in [6.45, 7) is 0. The maximum absolute atomic E-state index is 11.0. The van der Waals surface area contributed by atoms with Gasteiger partial charge in [0.05, 0.1) is 4.92 Å². The van der Waals surface area contributed by atoms with Crippen LogP contribution in [0.5, 0.6) is 0 Å². The molecular formula is C19H12N2O2. The van der Waals surface area contributed by atoms with Crippen LogP contribution in [0.4, 0.5) is 5.69 Å². The molecule has 0 aliphatic heterocycles. The van der Waals surface area contributed by atoms with E-state index in [0.29, 0.717) is 5.56 Å². The fraction of sp³-hybridized carbons (Fsp3) is 0. The smallest absolute Gasteiger partial charge is 0.258 e. The molecule has 0 saturated carbocycles. The number of hydrogen-bond acceptors (Lipinski definition) is 3. The minimum atomic E-state index is -0.536.